The highest BCUT2D eigenvalue weighted by Crippen LogP contribution is 2.21. The molecule has 3 nitrogen and oxygen atoms in total. The minimum absolute atomic E-state index is 0.205. The third-order valence-corrected chi connectivity index (χ3v) is 3.18. The Morgan fingerprint density at radius 2 is 1.85 bits per heavy atom. The van der Waals surface area contributed by atoms with E-state index in [0.29, 0.717) is 11.8 Å². The molecule has 0 spiro atoms. The topological polar surface area (TPSA) is 34.1 Å². The van der Waals surface area contributed by atoms with Crippen molar-refractivity contribution in [2.75, 3.05) is 6.54 Å². The van der Waals surface area contributed by atoms with Crippen molar-refractivity contribution in [2.24, 2.45) is 5.92 Å². The van der Waals surface area contributed by atoms with Crippen LogP contribution in [0.4, 0.5) is 0 Å². The van der Waals surface area contributed by atoms with Crippen molar-refractivity contribution in [1.29, 1.82) is 0 Å². The Balaban J connectivity index is 2.85. The first-order chi connectivity index (χ1) is 9.42. The summed E-state index contributed by atoms with van der Waals surface area (Å²) >= 11 is 0. The predicted molar refractivity (Wildman–Crippen MR) is 85.3 cm³/mol. The van der Waals surface area contributed by atoms with E-state index in [9.17, 15) is 0 Å². The van der Waals surface area contributed by atoms with Gasteiger partial charge in [-0.05, 0) is 43.4 Å². The van der Waals surface area contributed by atoms with Crippen molar-refractivity contribution in [3.05, 3.63) is 23.4 Å². The molecule has 0 saturated carbocycles. The molecule has 20 heavy (non-hydrogen) atoms. The lowest BCUT2D eigenvalue weighted by Crippen LogP contribution is -2.17. The fourth-order valence-electron chi connectivity index (χ4n) is 2.23. The van der Waals surface area contributed by atoms with E-state index in [1.165, 1.54) is 5.56 Å². The van der Waals surface area contributed by atoms with Crippen LogP contribution in [0.5, 0.6) is 5.88 Å². The molecule has 1 atom stereocenters. The smallest absolute Gasteiger partial charge is 0.214 e. The second kappa shape index (κ2) is 8.25. The zero-order chi connectivity index (χ0) is 15.1. The maximum Gasteiger partial charge on any atom is 0.214 e. The number of aromatic nitrogens is 1. The van der Waals surface area contributed by atoms with Crippen molar-refractivity contribution in [1.82, 2.24) is 10.3 Å². The van der Waals surface area contributed by atoms with Crippen molar-refractivity contribution in [3.8, 4) is 5.88 Å². The van der Waals surface area contributed by atoms with E-state index in [1.807, 2.05) is 0 Å². The molecule has 1 aromatic heterocycles. The van der Waals surface area contributed by atoms with Gasteiger partial charge >= 0.3 is 0 Å². The van der Waals surface area contributed by atoms with Gasteiger partial charge in [-0.1, -0.05) is 34.6 Å². The molecule has 0 radical (unpaired) electrons. The number of nitrogens with zero attached hydrogens (tertiary/aromatic N) is 1. The van der Waals surface area contributed by atoms with E-state index in [0.717, 1.165) is 31.1 Å². The maximum atomic E-state index is 6.00. The van der Waals surface area contributed by atoms with E-state index < -0.39 is 0 Å². The summed E-state index contributed by atoms with van der Waals surface area (Å²) in [5.74, 6) is 1.82. The normalized spacial score (nSPS) is 13.0. The van der Waals surface area contributed by atoms with E-state index in [4.69, 9.17) is 4.74 Å². The highest BCUT2D eigenvalue weighted by Gasteiger charge is 2.11. The molecule has 1 N–H and O–H groups in total. The predicted octanol–water partition coefficient (Wildman–Crippen LogP) is 4.13. The number of ether oxygens (including phenoxy) is 1. The third-order valence-electron chi connectivity index (χ3n) is 3.18. The van der Waals surface area contributed by atoms with Crippen molar-refractivity contribution in [3.63, 3.8) is 0 Å². The van der Waals surface area contributed by atoms with Crippen molar-refractivity contribution in [2.45, 2.75) is 66.5 Å². The third kappa shape index (κ3) is 5.91. The molecule has 0 amide bonds. The largest absolute Gasteiger partial charge is 0.475 e. The minimum Gasteiger partial charge on any atom is -0.475 e. The van der Waals surface area contributed by atoms with Crippen LogP contribution in [0.25, 0.3) is 0 Å². The number of rotatable bonds is 8. The van der Waals surface area contributed by atoms with Crippen LogP contribution in [0.1, 0.15) is 65.1 Å². The average molecular weight is 278 g/mol. The Bertz CT molecular complexity index is 402. The number of nitrogens with one attached hydrogen (secondary N) is 1. The fourth-order valence-corrected chi connectivity index (χ4v) is 2.23. The quantitative estimate of drug-likeness (QED) is 0.776. The van der Waals surface area contributed by atoms with Gasteiger partial charge in [-0.2, -0.15) is 0 Å². The lowest BCUT2D eigenvalue weighted by Gasteiger charge is -2.18. The average Bonchev–Trinajstić information content (AvgIpc) is 2.34. The van der Waals surface area contributed by atoms with Gasteiger partial charge < -0.3 is 10.1 Å². The van der Waals surface area contributed by atoms with E-state index in [-0.39, 0.29) is 6.10 Å². The first-order valence-corrected chi connectivity index (χ1v) is 7.80. The first-order valence-electron chi connectivity index (χ1n) is 7.80. The van der Waals surface area contributed by atoms with Crippen LogP contribution >= 0.6 is 0 Å². The molecule has 1 rings (SSSR count). The summed E-state index contributed by atoms with van der Waals surface area (Å²) in [6.45, 7) is 14.8. The molecule has 0 saturated heterocycles. The summed E-state index contributed by atoms with van der Waals surface area (Å²) in [5, 5.41) is 3.36. The molecule has 0 aliphatic carbocycles. The maximum absolute atomic E-state index is 6.00. The van der Waals surface area contributed by atoms with E-state index in [2.05, 4.69) is 64.0 Å². The van der Waals surface area contributed by atoms with Gasteiger partial charge in [0, 0.05) is 18.3 Å². The fraction of sp³-hybridized carbons (Fsp3) is 0.706. The SMILES string of the molecule is CCNCc1cc(OC(C)CC(C)C)nc(C(C)C)c1. The number of hydrogen-bond donors (Lipinski definition) is 1. The molecule has 3 heteroatoms. The summed E-state index contributed by atoms with van der Waals surface area (Å²) in [5.41, 5.74) is 2.35. The Hall–Kier alpha value is -1.09. The summed E-state index contributed by atoms with van der Waals surface area (Å²) in [6.07, 6.45) is 1.26. The van der Waals surface area contributed by atoms with Crippen molar-refractivity contribution >= 4 is 0 Å². The summed E-state index contributed by atoms with van der Waals surface area (Å²) in [7, 11) is 0. The molecule has 0 bridgehead atoms. The molecule has 114 valence electrons. The monoisotopic (exact) mass is 278 g/mol. The van der Waals surface area contributed by atoms with Crippen molar-refractivity contribution < 1.29 is 4.74 Å². The molecular weight excluding hydrogens is 248 g/mol. The van der Waals surface area contributed by atoms with Gasteiger partial charge in [0.1, 0.15) is 0 Å². The Kier molecular flexibility index (Phi) is 7.00. The summed E-state index contributed by atoms with van der Waals surface area (Å²) < 4.78 is 6.00. The van der Waals surface area contributed by atoms with Crippen LogP contribution in [0, 0.1) is 5.92 Å². The van der Waals surface area contributed by atoms with Gasteiger partial charge in [0.05, 0.1) is 6.10 Å². The molecule has 1 unspecified atom stereocenters. The van der Waals surface area contributed by atoms with E-state index >= 15 is 0 Å². The Labute approximate surface area is 124 Å². The lowest BCUT2D eigenvalue weighted by molar-refractivity contribution is 0.185. The summed E-state index contributed by atoms with van der Waals surface area (Å²) in [6, 6.07) is 4.23. The molecule has 1 aromatic rings. The molecule has 0 aliphatic rings. The summed E-state index contributed by atoms with van der Waals surface area (Å²) in [4.78, 5) is 4.64. The van der Waals surface area contributed by atoms with Crippen LogP contribution < -0.4 is 10.1 Å². The standard InChI is InChI=1S/C17H30N2O/c1-7-18-11-15-9-16(13(4)5)19-17(10-15)20-14(6)8-12(2)3/h9-10,12-14,18H,7-8,11H2,1-6H3. The zero-order valence-corrected chi connectivity index (χ0v) is 13.9. The van der Waals surface area contributed by atoms with Gasteiger partial charge in [-0.25, -0.2) is 4.98 Å². The Morgan fingerprint density at radius 1 is 1.15 bits per heavy atom. The van der Waals surface area contributed by atoms with Gasteiger partial charge in [-0.15, -0.1) is 0 Å². The van der Waals surface area contributed by atoms with Gasteiger partial charge in [0.15, 0.2) is 0 Å². The van der Waals surface area contributed by atoms with Crippen LogP contribution in [-0.2, 0) is 6.54 Å². The molecule has 0 aliphatic heterocycles. The molecule has 0 aromatic carbocycles. The number of hydrogen-bond acceptors (Lipinski definition) is 3. The van der Waals surface area contributed by atoms with Crippen LogP contribution in [0.3, 0.4) is 0 Å². The van der Waals surface area contributed by atoms with Crippen LogP contribution in [-0.4, -0.2) is 17.6 Å². The van der Waals surface area contributed by atoms with Gasteiger partial charge in [0.2, 0.25) is 5.88 Å². The van der Waals surface area contributed by atoms with Crippen LogP contribution in [0.15, 0.2) is 12.1 Å². The molecular formula is C17H30N2O. The highest BCUT2D eigenvalue weighted by molar-refractivity contribution is 5.26. The second-order valence-corrected chi connectivity index (χ2v) is 6.23. The minimum atomic E-state index is 0.205. The zero-order valence-electron chi connectivity index (χ0n) is 13.9. The number of pyridine rings is 1. The lowest BCUT2D eigenvalue weighted by atomic mass is 10.1. The van der Waals surface area contributed by atoms with Gasteiger partial charge in [0.25, 0.3) is 0 Å². The van der Waals surface area contributed by atoms with E-state index in [1.54, 1.807) is 0 Å². The van der Waals surface area contributed by atoms with Crippen LogP contribution in [0.2, 0.25) is 0 Å². The molecule has 0 fully saturated rings. The highest BCUT2D eigenvalue weighted by atomic mass is 16.5. The van der Waals surface area contributed by atoms with Gasteiger partial charge in [-0.3, -0.25) is 0 Å². The Morgan fingerprint density at radius 3 is 2.40 bits per heavy atom. The molecule has 1 heterocycles. The second-order valence-electron chi connectivity index (χ2n) is 6.23. The first kappa shape index (κ1) is 17.0.